The van der Waals surface area contributed by atoms with Crippen LogP contribution in [0, 0.1) is 0 Å². The van der Waals surface area contributed by atoms with Gasteiger partial charge >= 0.3 is 0 Å². The largest absolute Gasteiger partial charge is 0.486 e. The molecule has 0 atom stereocenters. The molecule has 23 rings (SSSR count). The molecule has 0 amide bonds. The Morgan fingerprint density at radius 3 is 0.319 bits per heavy atom. The third-order valence-electron chi connectivity index (χ3n) is 32.1. The van der Waals surface area contributed by atoms with Gasteiger partial charge in [0.1, 0.15) is 0 Å². The van der Waals surface area contributed by atoms with Gasteiger partial charge in [0, 0.05) is 136 Å². The van der Waals surface area contributed by atoms with Gasteiger partial charge in [-0.1, -0.05) is 209 Å². The molecule has 0 radical (unpaired) electrons. The van der Waals surface area contributed by atoms with Crippen LogP contribution in [0.15, 0.2) is 48.5 Å². The summed E-state index contributed by atoms with van der Waals surface area (Å²) >= 11 is 0. The summed E-state index contributed by atoms with van der Waals surface area (Å²) < 4.78 is 182. The Morgan fingerprint density at radius 1 is 0.132 bits per heavy atom. The fourth-order valence-corrected chi connectivity index (χ4v) is 24.9. The minimum atomic E-state index is -0.395. The van der Waals surface area contributed by atoms with E-state index in [2.05, 4.69) is 104 Å². The minimum Gasteiger partial charge on any atom is -0.486 e. The molecule has 0 unspecified atom stereocenters. The number of unbranched alkanes of at least 4 members (excludes halogenated alkanes) is 16. The number of rotatable bonds is 32. The van der Waals surface area contributed by atoms with Crippen molar-refractivity contribution in [3.8, 4) is 138 Å². The maximum Gasteiger partial charge on any atom is 0.231 e. The van der Waals surface area contributed by atoms with Gasteiger partial charge in [0.25, 0.3) is 0 Å². The van der Waals surface area contributed by atoms with Gasteiger partial charge in [-0.05, 0) is 151 Å². The SMILES string of the molecule is CCCCCC1c2cc3c4c5c2OCOc2c1cc1c6c2OCCCCOc2c7c8cc9c2OCOc2c(cc%10c%11c2OCCCCOc2c(c(cc%12c2OCOc2c(cc(c(c2OCCCCOc2c%13c(cc(c2OCO%11)C%10CCCCC)C(CCCCC)c2cc(c(c(c2OCO%13)OCCCCO5)OCO7)C8CCCCC)OCO4)C3CCCCC)C%12CCCCC)C1CCCCC)OCO6)C9CCCCC. The molecule has 144 heavy (non-hydrogen) atoms. The quantitative estimate of drug-likeness (QED) is 0.0358. The van der Waals surface area contributed by atoms with Crippen LogP contribution in [-0.4, -0.2) is 107 Å². The number of hydrogen-bond donors (Lipinski definition) is 0. The van der Waals surface area contributed by atoms with Gasteiger partial charge in [-0.25, -0.2) is 0 Å². The molecule has 0 aromatic heterocycles. The van der Waals surface area contributed by atoms with Crippen molar-refractivity contribution in [1.82, 2.24) is 0 Å². The summed E-state index contributed by atoms with van der Waals surface area (Å²) in [6.45, 7) is 18.3. The maximum absolute atomic E-state index is 7.77. The Morgan fingerprint density at radius 2 is 0.229 bits per heavy atom. The van der Waals surface area contributed by atoms with E-state index in [0.717, 1.165) is 243 Å². The molecule has 24 nitrogen and oxygen atoms in total. The molecule has 776 valence electrons. The topological polar surface area (TPSA) is 222 Å². The lowest BCUT2D eigenvalue weighted by Gasteiger charge is -2.37. The number of fused-ring (bicyclic) bond motifs is 8. The first-order valence-electron chi connectivity index (χ1n) is 56.0. The molecule has 0 aliphatic carbocycles. The summed E-state index contributed by atoms with van der Waals surface area (Å²) in [5.41, 5.74) is 15.4. The van der Waals surface area contributed by atoms with Crippen molar-refractivity contribution in [2.45, 2.75) is 360 Å². The van der Waals surface area contributed by atoms with E-state index in [-0.39, 0.29) is 107 Å². The zero-order valence-corrected chi connectivity index (χ0v) is 86.6. The first kappa shape index (κ1) is 99.0. The summed E-state index contributed by atoms with van der Waals surface area (Å²) in [6.07, 6.45) is 32.5. The third kappa shape index (κ3) is 19.5. The normalized spacial score (nSPS) is 20.9. The van der Waals surface area contributed by atoms with Crippen molar-refractivity contribution in [2.24, 2.45) is 0 Å². The Balaban J connectivity index is 0.910. The van der Waals surface area contributed by atoms with Crippen LogP contribution in [0.3, 0.4) is 0 Å². The van der Waals surface area contributed by atoms with Gasteiger partial charge in [-0.3, -0.25) is 0 Å². The molecule has 8 aromatic rings. The molecule has 15 heterocycles. The molecule has 0 N–H and O–H groups in total. The van der Waals surface area contributed by atoms with E-state index < -0.39 is 47.3 Å². The highest BCUT2D eigenvalue weighted by Crippen LogP contribution is 2.68. The maximum atomic E-state index is 7.77. The lowest BCUT2D eigenvalue weighted by atomic mass is 9.75. The molecule has 0 spiro atoms. The predicted octanol–water partition coefficient (Wildman–Crippen LogP) is 29.7. The third-order valence-corrected chi connectivity index (χ3v) is 32.1. The average Bonchev–Trinajstić information content (AvgIpc) is 0.720. The van der Waals surface area contributed by atoms with Crippen molar-refractivity contribution in [2.75, 3.05) is 107 Å². The zero-order chi connectivity index (χ0) is 97.9. The number of hydrogen-bond acceptors (Lipinski definition) is 24. The van der Waals surface area contributed by atoms with Crippen LogP contribution >= 0.6 is 0 Å². The monoisotopic (exact) mass is 1980 g/mol. The highest BCUT2D eigenvalue weighted by Gasteiger charge is 2.48. The van der Waals surface area contributed by atoms with Crippen molar-refractivity contribution in [1.29, 1.82) is 0 Å². The molecule has 0 fully saturated rings. The van der Waals surface area contributed by atoms with E-state index in [1.807, 2.05) is 0 Å². The highest BCUT2D eigenvalue weighted by molar-refractivity contribution is 5.77. The van der Waals surface area contributed by atoms with E-state index in [1.165, 1.54) is 0 Å². The van der Waals surface area contributed by atoms with Gasteiger partial charge in [0.2, 0.25) is 100 Å². The summed E-state index contributed by atoms with van der Waals surface area (Å²) in [5, 5.41) is 0. The van der Waals surface area contributed by atoms with E-state index >= 15 is 0 Å². The highest BCUT2D eigenvalue weighted by atomic mass is 16.7. The van der Waals surface area contributed by atoms with Crippen LogP contribution in [0.25, 0.3) is 0 Å². The van der Waals surface area contributed by atoms with Crippen molar-refractivity contribution >= 4 is 0 Å². The molecule has 15 aliphatic rings. The summed E-state index contributed by atoms with van der Waals surface area (Å²) in [5.74, 6) is 9.65. The van der Waals surface area contributed by atoms with Crippen molar-refractivity contribution in [3.05, 3.63) is 138 Å². The fourth-order valence-electron chi connectivity index (χ4n) is 24.9. The van der Waals surface area contributed by atoms with Crippen LogP contribution in [-0.2, 0) is 0 Å². The Labute approximate surface area is 851 Å². The minimum absolute atomic E-state index is 0.226. The van der Waals surface area contributed by atoms with Gasteiger partial charge in [-0.2, -0.15) is 0 Å². The average molecular weight is 1980 g/mol. The standard InChI is InChI=1S/C120H152O24/c1-9-17-25-41-73-81-57-83-74(42-26-18-10-2)85-59-87-76(44-28-20-12-4)88-60-86-75(43-27-19-11-3)84-58-82(73)98-114-100(84)132-67-134-102(86)116-104(88)136-68-135-103(87)115-101(85)133-66-131-99(83)113(97(81)129-65-130-98)121-49-33-35-51-125-117-105-89-61-91-78(46-30-22-14-6)93-63-95-80(48-32-24-16-8)96-64-94-79(47-31-23-15-7)92-62-90(77(89)45-29-21-13-5)106(138-69-137-105)118(126-52-36-34-50-122-114)108(92)140-71-142-110(94)120(128-56-40-38-54-124-116)112(96)144-72-143-111(95)119(127-55-39-37-53-123-115)109(93)141-70-139-107(91)117/h57-64,73-80H,9-56,65-72H2,1-8H3. The molecule has 0 saturated carbocycles. The summed E-state index contributed by atoms with van der Waals surface area (Å²) in [6, 6.07) is 19.4. The van der Waals surface area contributed by atoms with Gasteiger partial charge in [-0.15, -0.1) is 0 Å². The molecule has 0 saturated heterocycles. The molecule has 15 aliphatic heterocycles. The van der Waals surface area contributed by atoms with Crippen molar-refractivity contribution < 1.29 is 114 Å². The summed E-state index contributed by atoms with van der Waals surface area (Å²) in [7, 11) is 0. The second-order valence-electron chi connectivity index (χ2n) is 41.6. The van der Waals surface area contributed by atoms with Gasteiger partial charge < -0.3 is 114 Å². The smallest absolute Gasteiger partial charge is 0.231 e. The van der Waals surface area contributed by atoms with Crippen LogP contribution in [0.1, 0.15) is 449 Å². The number of ether oxygens (including phenoxy) is 24. The molecule has 24 heteroatoms. The van der Waals surface area contributed by atoms with E-state index in [0.29, 0.717) is 241 Å². The van der Waals surface area contributed by atoms with Crippen LogP contribution in [0.4, 0.5) is 0 Å². The van der Waals surface area contributed by atoms with E-state index in [1.54, 1.807) is 0 Å². The fraction of sp³-hybridized carbons (Fsp3) is 0.600. The van der Waals surface area contributed by atoms with E-state index in [9.17, 15) is 0 Å². The van der Waals surface area contributed by atoms with Crippen LogP contribution in [0.5, 0.6) is 138 Å². The Kier molecular flexibility index (Phi) is 31.9. The summed E-state index contributed by atoms with van der Waals surface area (Å²) in [4.78, 5) is 0. The van der Waals surface area contributed by atoms with Gasteiger partial charge in [0.05, 0.1) is 52.9 Å². The first-order chi connectivity index (χ1) is 71.3. The Hall–Kier alpha value is -11.0. The van der Waals surface area contributed by atoms with Crippen LogP contribution in [0.2, 0.25) is 0 Å². The lowest BCUT2D eigenvalue weighted by molar-refractivity contribution is 0.0790. The second kappa shape index (κ2) is 46.4. The second-order valence-corrected chi connectivity index (χ2v) is 41.6. The number of benzene rings is 8. The lowest BCUT2D eigenvalue weighted by Crippen LogP contribution is -2.25. The zero-order valence-electron chi connectivity index (χ0n) is 86.6. The van der Waals surface area contributed by atoms with Gasteiger partial charge in [0.15, 0.2) is 92.0 Å². The predicted molar refractivity (Wildman–Crippen MR) is 549 cm³/mol. The first-order valence-corrected chi connectivity index (χ1v) is 56.0. The molecular formula is C120H152O24. The van der Waals surface area contributed by atoms with Crippen molar-refractivity contribution in [3.63, 3.8) is 0 Å². The van der Waals surface area contributed by atoms with E-state index in [4.69, 9.17) is 114 Å². The van der Waals surface area contributed by atoms with Crippen LogP contribution < -0.4 is 114 Å². The molecule has 8 aromatic carbocycles. The Bertz CT molecular complexity index is 4550. The molecule has 38 bridgehead atoms. The molecular weight excluding hydrogens is 1830 g/mol.